The van der Waals surface area contributed by atoms with Crippen LogP contribution in [0, 0.1) is 0 Å². The molecule has 2 rings (SSSR count). The van der Waals surface area contributed by atoms with E-state index in [2.05, 4.69) is 17.1 Å². The van der Waals surface area contributed by atoms with Crippen LogP contribution in [0.5, 0.6) is 5.75 Å². The third-order valence-electron chi connectivity index (χ3n) is 2.49. The Hall–Kier alpha value is -2.03. The number of hydrogen-bond donors (Lipinski definition) is 1. The molecule has 82 valence electrons. The van der Waals surface area contributed by atoms with Crippen LogP contribution < -0.4 is 10.5 Å². The molecule has 3 nitrogen and oxygen atoms in total. The van der Waals surface area contributed by atoms with Crippen molar-refractivity contribution < 1.29 is 4.74 Å². The number of hydrogen-bond acceptors (Lipinski definition) is 3. The van der Waals surface area contributed by atoms with Crippen LogP contribution in [0.15, 0.2) is 42.6 Å². The zero-order valence-electron chi connectivity index (χ0n) is 9.18. The summed E-state index contributed by atoms with van der Waals surface area (Å²) in [5.74, 6) is 1.32. The molecule has 0 aliphatic rings. The van der Waals surface area contributed by atoms with Crippen molar-refractivity contribution in [2.24, 2.45) is 0 Å². The van der Waals surface area contributed by atoms with Crippen molar-refractivity contribution in [3.8, 4) is 5.75 Å². The third kappa shape index (κ3) is 2.14. The van der Waals surface area contributed by atoms with Gasteiger partial charge in [0.1, 0.15) is 11.6 Å². The Kier molecular flexibility index (Phi) is 3.05. The molecule has 0 atom stereocenters. The Bertz CT molecular complexity index is 469. The van der Waals surface area contributed by atoms with Crippen molar-refractivity contribution in [1.29, 1.82) is 0 Å². The summed E-state index contributed by atoms with van der Waals surface area (Å²) in [5.41, 5.74) is 7.99. The number of nitrogen functional groups attached to an aromatic ring is 1. The molecule has 1 heterocycles. The average Bonchev–Trinajstić information content (AvgIpc) is 2.33. The van der Waals surface area contributed by atoms with E-state index >= 15 is 0 Å². The number of nitrogens with zero attached hydrogens (tertiary/aromatic N) is 1. The molecule has 0 amide bonds. The highest BCUT2D eigenvalue weighted by Gasteiger charge is 2.08. The molecule has 2 aromatic rings. The molecule has 1 aromatic carbocycles. The van der Waals surface area contributed by atoms with Gasteiger partial charge in [-0.05, 0) is 11.6 Å². The van der Waals surface area contributed by atoms with E-state index in [1.54, 1.807) is 13.3 Å². The first-order valence-corrected chi connectivity index (χ1v) is 5.12. The number of nitrogens with two attached hydrogens (primary N) is 1. The summed E-state index contributed by atoms with van der Waals surface area (Å²) in [7, 11) is 1.64. The standard InChI is InChI=1S/C13H14N2O/c1-16-12-7-8-15-13(14)11(12)9-10-5-3-2-4-6-10/h2-8H,9H2,1H3,(H2,14,15). The molecule has 2 N–H and O–H groups in total. The van der Waals surface area contributed by atoms with Gasteiger partial charge in [0.2, 0.25) is 0 Å². The van der Waals surface area contributed by atoms with Crippen LogP contribution in [0.2, 0.25) is 0 Å². The summed E-state index contributed by atoms with van der Waals surface area (Å²) in [6, 6.07) is 12.0. The molecule has 0 bridgehead atoms. The lowest BCUT2D eigenvalue weighted by atomic mass is 10.1. The second kappa shape index (κ2) is 4.66. The van der Waals surface area contributed by atoms with Crippen LogP contribution in [0.1, 0.15) is 11.1 Å². The van der Waals surface area contributed by atoms with Crippen LogP contribution in [-0.2, 0) is 6.42 Å². The van der Waals surface area contributed by atoms with Crippen molar-refractivity contribution in [2.75, 3.05) is 12.8 Å². The van der Waals surface area contributed by atoms with Crippen LogP contribution in [0.4, 0.5) is 5.82 Å². The normalized spacial score (nSPS) is 10.1. The first-order chi connectivity index (χ1) is 7.81. The van der Waals surface area contributed by atoms with Gasteiger partial charge in [0.25, 0.3) is 0 Å². The second-order valence-corrected chi connectivity index (χ2v) is 3.54. The highest BCUT2D eigenvalue weighted by molar-refractivity contribution is 5.50. The molecule has 0 saturated heterocycles. The van der Waals surface area contributed by atoms with E-state index in [9.17, 15) is 0 Å². The van der Waals surface area contributed by atoms with Gasteiger partial charge in [-0.3, -0.25) is 0 Å². The minimum absolute atomic E-state index is 0.531. The SMILES string of the molecule is COc1ccnc(N)c1Cc1ccccc1. The van der Waals surface area contributed by atoms with E-state index in [0.29, 0.717) is 5.82 Å². The Labute approximate surface area is 94.9 Å². The largest absolute Gasteiger partial charge is 0.496 e. The number of anilines is 1. The number of ether oxygens (including phenoxy) is 1. The molecule has 0 saturated carbocycles. The molecule has 0 radical (unpaired) electrons. The molecular formula is C13H14N2O. The summed E-state index contributed by atoms with van der Waals surface area (Å²) in [4.78, 5) is 4.08. The van der Waals surface area contributed by atoms with E-state index < -0.39 is 0 Å². The van der Waals surface area contributed by atoms with Gasteiger partial charge >= 0.3 is 0 Å². The lowest BCUT2D eigenvalue weighted by Crippen LogP contribution is -2.01. The predicted molar refractivity (Wildman–Crippen MR) is 64.4 cm³/mol. The van der Waals surface area contributed by atoms with E-state index in [-0.39, 0.29) is 0 Å². The summed E-state index contributed by atoms with van der Waals surface area (Å²) >= 11 is 0. The molecule has 1 aromatic heterocycles. The maximum absolute atomic E-state index is 5.85. The fourth-order valence-electron chi connectivity index (χ4n) is 1.66. The first-order valence-electron chi connectivity index (χ1n) is 5.12. The smallest absolute Gasteiger partial charge is 0.130 e. The van der Waals surface area contributed by atoms with Crippen molar-refractivity contribution in [1.82, 2.24) is 4.98 Å². The number of methoxy groups -OCH3 is 1. The summed E-state index contributed by atoms with van der Waals surface area (Å²) in [6.45, 7) is 0. The lowest BCUT2D eigenvalue weighted by molar-refractivity contribution is 0.410. The molecule has 0 spiro atoms. The molecule has 16 heavy (non-hydrogen) atoms. The first kappa shape index (κ1) is 10.5. The lowest BCUT2D eigenvalue weighted by Gasteiger charge is -2.10. The second-order valence-electron chi connectivity index (χ2n) is 3.54. The monoisotopic (exact) mass is 214 g/mol. The molecule has 0 unspecified atom stereocenters. The topological polar surface area (TPSA) is 48.1 Å². The Morgan fingerprint density at radius 3 is 2.62 bits per heavy atom. The number of benzene rings is 1. The van der Waals surface area contributed by atoms with Crippen LogP contribution >= 0.6 is 0 Å². The van der Waals surface area contributed by atoms with Gasteiger partial charge in [0, 0.05) is 18.2 Å². The number of aromatic nitrogens is 1. The number of pyridine rings is 1. The zero-order valence-corrected chi connectivity index (χ0v) is 9.18. The highest BCUT2D eigenvalue weighted by atomic mass is 16.5. The Morgan fingerprint density at radius 2 is 1.94 bits per heavy atom. The van der Waals surface area contributed by atoms with Crippen LogP contribution in [0.25, 0.3) is 0 Å². The summed E-state index contributed by atoms with van der Waals surface area (Å²) < 4.78 is 5.28. The maximum atomic E-state index is 5.85. The quantitative estimate of drug-likeness (QED) is 0.852. The predicted octanol–water partition coefficient (Wildman–Crippen LogP) is 2.26. The van der Waals surface area contributed by atoms with E-state index in [1.807, 2.05) is 24.3 Å². The fourth-order valence-corrected chi connectivity index (χ4v) is 1.66. The van der Waals surface area contributed by atoms with Crippen LogP contribution in [-0.4, -0.2) is 12.1 Å². The van der Waals surface area contributed by atoms with Gasteiger partial charge < -0.3 is 10.5 Å². The van der Waals surface area contributed by atoms with Gasteiger partial charge in [-0.15, -0.1) is 0 Å². The van der Waals surface area contributed by atoms with Crippen molar-refractivity contribution in [3.63, 3.8) is 0 Å². The average molecular weight is 214 g/mol. The molecule has 0 aliphatic heterocycles. The fraction of sp³-hybridized carbons (Fsp3) is 0.154. The molecule has 0 aliphatic carbocycles. The number of rotatable bonds is 3. The molecule has 0 fully saturated rings. The van der Waals surface area contributed by atoms with Crippen LogP contribution in [0.3, 0.4) is 0 Å². The van der Waals surface area contributed by atoms with Crippen molar-refractivity contribution in [2.45, 2.75) is 6.42 Å². The Balaban J connectivity index is 2.34. The minimum Gasteiger partial charge on any atom is -0.496 e. The van der Waals surface area contributed by atoms with E-state index in [1.165, 1.54) is 5.56 Å². The maximum Gasteiger partial charge on any atom is 0.130 e. The zero-order chi connectivity index (χ0) is 11.4. The Morgan fingerprint density at radius 1 is 1.19 bits per heavy atom. The summed E-state index contributed by atoms with van der Waals surface area (Å²) in [6.07, 6.45) is 2.40. The molecular weight excluding hydrogens is 200 g/mol. The summed E-state index contributed by atoms with van der Waals surface area (Å²) in [5, 5.41) is 0. The van der Waals surface area contributed by atoms with Gasteiger partial charge in [-0.2, -0.15) is 0 Å². The van der Waals surface area contributed by atoms with Gasteiger partial charge in [0.05, 0.1) is 7.11 Å². The highest BCUT2D eigenvalue weighted by Crippen LogP contribution is 2.24. The van der Waals surface area contributed by atoms with Gasteiger partial charge in [-0.25, -0.2) is 4.98 Å². The molecule has 3 heteroatoms. The van der Waals surface area contributed by atoms with Crippen molar-refractivity contribution >= 4 is 5.82 Å². The minimum atomic E-state index is 0.531. The van der Waals surface area contributed by atoms with Gasteiger partial charge in [0.15, 0.2) is 0 Å². The van der Waals surface area contributed by atoms with E-state index in [4.69, 9.17) is 10.5 Å². The van der Waals surface area contributed by atoms with Crippen molar-refractivity contribution in [3.05, 3.63) is 53.7 Å². The third-order valence-corrected chi connectivity index (χ3v) is 2.49. The van der Waals surface area contributed by atoms with E-state index in [0.717, 1.165) is 17.7 Å². The van der Waals surface area contributed by atoms with Gasteiger partial charge in [-0.1, -0.05) is 30.3 Å².